The lowest BCUT2D eigenvalue weighted by atomic mass is 10.0. The van der Waals surface area contributed by atoms with Gasteiger partial charge in [-0.25, -0.2) is 0 Å². The van der Waals surface area contributed by atoms with Crippen LogP contribution in [0.4, 0.5) is 11.6 Å². The average Bonchev–Trinajstić information content (AvgIpc) is 3.38. The van der Waals surface area contributed by atoms with E-state index in [2.05, 4.69) is 52.8 Å². The van der Waals surface area contributed by atoms with E-state index in [-0.39, 0.29) is 23.2 Å². The average molecular weight is 467 g/mol. The number of methoxy groups -OCH3 is 2. The second kappa shape index (κ2) is 8.90. The maximum atomic E-state index is 12.9. The van der Waals surface area contributed by atoms with Gasteiger partial charge in [0.2, 0.25) is 17.7 Å². The Labute approximate surface area is 194 Å². The molecular formula is C24H30N4O4Si. The summed E-state index contributed by atoms with van der Waals surface area (Å²) in [6.07, 6.45) is 1.83. The van der Waals surface area contributed by atoms with E-state index in [1.165, 1.54) is 43.4 Å². The number of ether oxygens (including phenoxy) is 2. The number of carbonyl (C=O) groups excluding carboxylic acids is 1. The maximum absolute atomic E-state index is 12.9. The molecule has 0 radical (unpaired) electrons. The lowest BCUT2D eigenvalue weighted by molar-refractivity contribution is 0.0994. The molecular weight excluding hydrogens is 436 g/mol. The monoisotopic (exact) mass is 466 g/mol. The zero-order valence-electron chi connectivity index (χ0n) is 20.0. The van der Waals surface area contributed by atoms with Crippen LogP contribution in [0.3, 0.4) is 0 Å². The van der Waals surface area contributed by atoms with Gasteiger partial charge in [0.1, 0.15) is 5.76 Å². The van der Waals surface area contributed by atoms with Crippen molar-refractivity contribution in [1.82, 2.24) is 9.97 Å². The molecule has 2 aromatic heterocycles. The maximum Gasteiger partial charge on any atom is 0.291 e. The standard InChI is InChI=1S/C24H30N4O4Si/c1-14-11-15-9-10-33(5,6)19(15)13-16(14)12-17-7-8-18(32-17)21(29)26-20-22(30-3)27-24(25-2)28-23(20)31-4/h7-8,11,13H,9-10,12H2,1-6H3,(H,26,29)(H,25,27,28). The van der Waals surface area contributed by atoms with E-state index < -0.39 is 14.0 Å². The first-order chi connectivity index (χ1) is 15.7. The number of aryl methyl sites for hydroxylation is 2. The Hall–Kier alpha value is -3.33. The Balaban J connectivity index is 1.55. The number of rotatable bonds is 7. The van der Waals surface area contributed by atoms with Crippen molar-refractivity contribution in [2.45, 2.75) is 38.9 Å². The summed E-state index contributed by atoms with van der Waals surface area (Å²) in [5.41, 5.74) is 4.25. The van der Waals surface area contributed by atoms with Crippen LogP contribution in [-0.4, -0.2) is 45.2 Å². The van der Waals surface area contributed by atoms with Gasteiger partial charge in [-0.1, -0.05) is 30.4 Å². The van der Waals surface area contributed by atoms with Crippen molar-refractivity contribution >= 4 is 30.8 Å². The van der Waals surface area contributed by atoms with Crippen molar-refractivity contribution in [1.29, 1.82) is 0 Å². The summed E-state index contributed by atoms with van der Waals surface area (Å²) >= 11 is 0. The predicted molar refractivity (Wildman–Crippen MR) is 131 cm³/mol. The van der Waals surface area contributed by atoms with Crippen molar-refractivity contribution in [2.75, 3.05) is 31.9 Å². The number of nitrogens with one attached hydrogen (secondary N) is 2. The fraction of sp³-hybridized carbons (Fsp3) is 0.375. The zero-order valence-corrected chi connectivity index (χ0v) is 21.0. The highest BCUT2D eigenvalue weighted by atomic mass is 28.3. The van der Waals surface area contributed by atoms with E-state index in [0.717, 1.165) is 5.76 Å². The van der Waals surface area contributed by atoms with Gasteiger partial charge in [0.25, 0.3) is 5.91 Å². The third-order valence-electron chi connectivity index (χ3n) is 6.25. The van der Waals surface area contributed by atoms with Crippen molar-refractivity contribution in [2.24, 2.45) is 0 Å². The summed E-state index contributed by atoms with van der Waals surface area (Å²) in [7, 11) is 3.26. The second-order valence-corrected chi connectivity index (χ2v) is 13.7. The Morgan fingerprint density at radius 2 is 1.85 bits per heavy atom. The number of nitrogens with zero attached hydrogens (tertiary/aromatic N) is 2. The van der Waals surface area contributed by atoms with Crippen LogP contribution in [-0.2, 0) is 12.8 Å². The molecule has 1 aliphatic heterocycles. The second-order valence-electron chi connectivity index (χ2n) is 8.91. The molecule has 0 saturated carbocycles. The molecule has 9 heteroatoms. The van der Waals surface area contributed by atoms with Crippen LogP contribution in [0, 0.1) is 6.92 Å². The molecule has 1 aliphatic rings. The number of furan rings is 1. The number of fused-ring (bicyclic) bond motifs is 1. The lowest BCUT2D eigenvalue weighted by Gasteiger charge is -2.18. The Bertz CT molecular complexity index is 1180. The van der Waals surface area contributed by atoms with Gasteiger partial charge in [0.05, 0.1) is 22.3 Å². The number of hydrogen-bond donors (Lipinski definition) is 2. The van der Waals surface area contributed by atoms with Crippen LogP contribution in [0.15, 0.2) is 28.7 Å². The summed E-state index contributed by atoms with van der Waals surface area (Å²) in [5.74, 6) is 1.19. The molecule has 1 aromatic carbocycles. The van der Waals surface area contributed by atoms with Crippen LogP contribution >= 0.6 is 0 Å². The molecule has 0 spiro atoms. The van der Waals surface area contributed by atoms with Gasteiger partial charge >= 0.3 is 0 Å². The minimum absolute atomic E-state index is 0.187. The number of amides is 1. The molecule has 4 rings (SSSR count). The van der Waals surface area contributed by atoms with Gasteiger partial charge in [0, 0.05) is 13.5 Å². The molecule has 3 heterocycles. The lowest BCUT2D eigenvalue weighted by Crippen LogP contribution is -2.38. The summed E-state index contributed by atoms with van der Waals surface area (Å²) in [6, 6.07) is 9.52. The van der Waals surface area contributed by atoms with E-state index >= 15 is 0 Å². The molecule has 0 unspecified atom stereocenters. The quantitative estimate of drug-likeness (QED) is 0.512. The molecule has 0 atom stereocenters. The summed E-state index contributed by atoms with van der Waals surface area (Å²) in [6.45, 7) is 7.01. The number of carbonyl (C=O) groups is 1. The van der Waals surface area contributed by atoms with Crippen LogP contribution in [0.2, 0.25) is 19.1 Å². The van der Waals surface area contributed by atoms with Crippen molar-refractivity contribution in [3.8, 4) is 11.8 Å². The highest BCUT2D eigenvalue weighted by Crippen LogP contribution is 2.33. The number of hydrogen-bond acceptors (Lipinski definition) is 7. The van der Waals surface area contributed by atoms with E-state index in [1.54, 1.807) is 18.3 Å². The van der Waals surface area contributed by atoms with Gasteiger partial charge in [-0.3, -0.25) is 4.79 Å². The Kier molecular flexibility index (Phi) is 6.16. The molecule has 3 aromatic rings. The molecule has 0 fully saturated rings. The minimum atomic E-state index is -1.35. The van der Waals surface area contributed by atoms with Crippen molar-refractivity contribution in [3.05, 3.63) is 52.5 Å². The highest BCUT2D eigenvalue weighted by Gasteiger charge is 2.32. The molecule has 0 bridgehead atoms. The third kappa shape index (κ3) is 4.45. The zero-order chi connectivity index (χ0) is 23.8. The SMILES string of the molecule is CNc1nc(OC)c(NC(=O)c2ccc(Cc3cc4c(cc3C)CC[Si]4(C)C)o2)c(OC)n1. The van der Waals surface area contributed by atoms with Gasteiger partial charge in [-0.15, -0.1) is 0 Å². The number of anilines is 2. The first-order valence-electron chi connectivity index (χ1n) is 11.0. The molecule has 174 valence electrons. The van der Waals surface area contributed by atoms with E-state index in [1.807, 2.05) is 6.07 Å². The van der Waals surface area contributed by atoms with Crippen molar-refractivity contribution < 1.29 is 18.7 Å². The Morgan fingerprint density at radius 1 is 1.15 bits per heavy atom. The minimum Gasteiger partial charge on any atom is -0.479 e. The number of benzene rings is 1. The molecule has 1 amide bonds. The van der Waals surface area contributed by atoms with Crippen LogP contribution in [0.5, 0.6) is 11.8 Å². The van der Waals surface area contributed by atoms with Crippen LogP contribution in [0.25, 0.3) is 0 Å². The van der Waals surface area contributed by atoms with Gasteiger partial charge < -0.3 is 24.5 Å². The smallest absolute Gasteiger partial charge is 0.291 e. The molecule has 33 heavy (non-hydrogen) atoms. The molecule has 8 nitrogen and oxygen atoms in total. The summed E-state index contributed by atoms with van der Waals surface area (Å²) in [5, 5.41) is 7.13. The summed E-state index contributed by atoms with van der Waals surface area (Å²) in [4.78, 5) is 21.3. The van der Waals surface area contributed by atoms with E-state index in [4.69, 9.17) is 13.9 Å². The normalized spacial score (nSPS) is 14.0. The van der Waals surface area contributed by atoms with Gasteiger partial charge in [-0.2, -0.15) is 9.97 Å². The molecule has 2 N–H and O–H groups in total. The van der Waals surface area contributed by atoms with Crippen LogP contribution in [0.1, 0.15) is 33.0 Å². The van der Waals surface area contributed by atoms with Gasteiger partial charge in [-0.05, 0) is 48.2 Å². The van der Waals surface area contributed by atoms with Gasteiger partial charge in [0.15, 0.2) is 11.4 Å². The summed E-state index contributed by atoms with van der Waals surface area (Å²) < 4.78 is 16.5. The Morgan fingerprint density at radius 3 is 2.48 bits per heavy atom. The van der Waals surface area contributed by atoms with E-state index in [0.29, 0.717) is 12.4 Å². The predicted octanol–water partition coefficient (Wildman–Crippen LogP) is 3.75. The first kappa shape index (κ1) is 22.8. The number of aromatic nitrogens is 2. The van der Waals surface area contributed by atoms with E-state index in [9.17, 15) is 4.79 Å². The largest absolute Gasteiger partial charge is 0.479 e. The third-order valence-corrected chi connectivity index (χ3v) is 9.68. The highest BCUT2D eigenvalue weighted by molar-refractivity contribution is 6.91. The topological polar surface area (TPSA) is 98.5 Å². The first-order valence-corrected chi connectivity index (χ1v) is 14.2. The fourth-order valence-electron chi connectivity index (χ4n) is 4.31. The fourth-order valence-corrected chi connectivity index (χ4v) is 7.11. The van der Waals surface area contributed by atoms with Crippen LogP contribution < -0.4 is 25.3 Å². The molecule has 0 saturated heterocycles. The van der Waals surface area contributed by atoms with Crippen molar-refractivity contribution in [3.63, 3.8) is 0 Å². The molecule has 0 aliphatic carbocycles.